The molecule has 0 atom stereocenters. The summed E-state index contributed by atoms with van der Waals surface area (Å²) >= 11 is 4.03. The summed E-state index contributed by atoms with van der Waals surface area (Å²) in [7, 11) is 0. The number of carbonyl (C=O) groups is 1. The van der Waals surface area contributed by atoms with Crippen molar-refractivity contribution >= 4 is 51.5 Å². The molecule has 1 N–H and O–H groups in total. The summed E-state index contributed by atoms with van der Waals surface area (Å²) in [5.74, 6) is 0.223. The second-order valence-electron chi connectivity index (χ2n) is 1.92. The molecule has 0 heterocycles. The van der Waals surface area contributed by atoms with E-state index >= 15 is 0 Å². The van der Waals surface area contributed by atoms with Crippen LogP contribution in [0.15, 0.2) is 12.1 Å². The molecule has 0 aromatic heterocycles. The summed E-state index contributed by atoms with van der Waals surface area (Å²) in [6.45, 7) is 0. The van der Waals surface area contributed by atoms with Crippen LogP contribution in [0.2, 0.25) is 0 Å². The van der Waals surface area contributed by atoms with Gasteiger partial charge in [-0.15, -0.1) is 0 Å². The van der Waals surface area contributed by atoms with Gasteiger partial charge in [-0.25, -0.2) is 0 Å². The van der Waals surface area contributed by atoms with Crippen LogP contribution in [-0.4, -0.2) is 11.4 Å². The highest BCUT2D eigenvalue weighted by Gasteiger charge is 2.06. The van der Waals surface area contributed by atoms with E-state index < -0.39 is 0 Å². The minimum Gasteiger partial charge on any atom is -0.507 e. The average molecular weight is 374 g/mol. The number of phenols is 1. The molecule has 0 saturated carbocycles. The van der Waals surface area contributed by atoms with E-state index in [4.69, 9.17) is 0 Å². The molecule has 0 aliphatic heterocycles. The molecule has 0 spiro atoms. The first-order valence-corrected chi connectivity index (χ1v) is 4.94. The van der Waals surface area contributed by atoms with Crippen LogP contribution < -0.4 is 0 Å². The van der Waals surface area contributed by atoms with E-state index in [2.05, 4.69) is 0 Å². The van der Waals surface area contributed by atoms with E-state index in [1.165, 1.54) is 6.07 Å². The van der Waals surface area contributed by atoms with Crippen molar-refractivity contribution in [3.63, 3.8) is 0 Å². The van der Waals surface area contributed by atoms with Crippen LogP contribution in [0.3, 0.4) is 0 Å². The Kier molecular flexibility index (Phi) is 3.11. The van der Waals surface area contributed by atoms with Crippen LogP contribution in [0.25, 0.3) is 0 Å². The average Bonchev–Trinajstić information content (AvgIpc) is 2.01. The van der Waals surface area contributed by atoms with Crippen LogP contribution in [-0.2, 0) is 0 Å². The number of hydrogen-bond donors (Lipinski definition) is 1. The summed E-state index contributed by atoms with van der Waals surface area (Å²) in [4.78, 5) is 10.4. The van der Waals surface area contributed by atoms with Crippen molar-refractivity contribution in [3.05, 3.63) is 24.8 Å². The second-order valence-corrected chi connectivity index (χ2v) is 4.08. The summed E-state index contributed by atoms with van der Waals surface area (Å²) in [5.41, 5.74) is 0.618. The molecule has 2 nitrogen and oxygen atoms in total. The fourth-order valence-corrected chi connectivity index (χ4v) is 1.72. The molecule has 1 aromatic carbocycles. The Morgan fingerprint density at radius 1 is 1.27 bits per heavy atom. The third kappa shape index (κ3) is 1.84. The molecule has 0 unspecified atom stereocenters. The molecule has 0 amide bonds. The first-order valence-electron chi connectivity index (χ1n) is 2.79. The van der Waals surface area contributed by atoms with Crippen molar-refractivity contribution < 1.29 is 9.90 Å². The van der Waals surface area contributed by atoms with Gasteiger partial charge in [0, 0.05) is 9.13 Å². The number of benzene rings is 1. The molecular formula is C7H4I2O2. The third-order valence-corrected chi connectivity index (χ3v) is 4.51. The molecule has 0 bridgehead atoms. The van der Waals surface area contributed by atoms with Crippen molar-refractivity contribution in [3.8, 4) is 5.75 Å². The van der Waals surface area contributed by atoms with Crippen LogP contribution in [0.1, 0.15) is 10.4 Å². The zero-order chi connectivity index (χ0) is 8.43. The highest BCUT2D eigenvalue weighted by atomic mass is 127. The van der Waals surface area contributed by atoms with Crippen molar-refractivity contribution in [1.82, 2.24) is 0 Å². The maximum Gasteiger partial charge on any atom is 0.151 e. The molecule has 0 aliphatic carbocycles. The van der Waals surface area contributed by atoms with Crippen LogP contribution in [0.5, 0.6) is 5.75 Å². The molecule has 1 rings (SSSR count). The minimum atomic E-state index is 0.223. The largest absolute Gasteiger partial charge is 0.507 e. The van der Waals surface area contributed by atoms with Gasteiger partial charge in [0.2, 0.25) is 0 Å². The Morgan fingerprint density at radius 3 is 2.45 bits per heavy atom. The molecule has 1 aromatic rings. The van der Waals surface area contributed by atoms with Gasteiger partial charge < -0.3 is 5.11 Å². The number of aldehydes is 1. The normalized spacial score (nSPS) is 9.64. The lowest BCUT2D eigenvalue weighted by atomic mass is 10.2. The predicted octanol–water partition coefficient (Wildman–Crippen LogP) is 2.41. The molecule has 0 saturated heterocycles. The molecule has 0 radical (unpaired) electrons. The Morgan fingerprint density at radius 2 is 1.91 bits per heavy atom. The lowest BCUT2D eigenvalue weighted by Crippen LogP contribution is -1.89. The number of rotatable bonds is 1. The van der Waals surface area contributed by atoms with Crippen molar-refractivity contribution in [2.45, 2.75) is 0 Å². The number of carbonyl (C=O) groups excluding carboxylic acids is 1. The van der Waals surface area contributed by atoms with Gasteiger partial charge in [-0.05, 0) is 57.3 Å². The highest BCUT2D eigenvalue weighted by Crippen LogP contribution is 2.26. The van der Waals surface area contributed by atoms with Crippen LogP contribution >= 0.6 is 45.2 Å². The Balaban J connectivity index is 3.36. The number of aromatic hydroxyl groups is 1. The number of hydrogen-bond acceptors (Lipinski definition) is 2. The maximum absolute atomic E-state index is 10.4. The fourth-order valence-electron chi connectivity index (χ4n) is 0.645. The van der Waals surface area contributed by atoms with Gasteiger partial charge in [0.05, 0.1) is 3.57 Å². The van der Waals surface area contributed by atoms with E-state index in [0.29, 0.717) is 5.56 Å². The predicted molar refractivity (Wildman–Crippen MR) is 58.9 cm³/mol. The maximum atomic E-state index is 10.4. The molecule has 0 aliphatic rings. The lowest BCUT2D eigenvalue weighted by Gasteiger charge is -2.00. The smallest absolute Gasteiger partial charge is 0.151 e. The quantitative estimate of drug-likeness (QED) is 0.606. The van der Waals surface area contributed by atoms with Gasteiger partial charge in [-0.2, -0.15) is 0 Å². The Bertz CT molecular complexity index is 297. The van der Waals surface area contributed by atoms with Crippen LogP contribution in [0, 0.1) is 7.14 Å². The monoisotopic (exact) mass is 374 g/mol. The molecule has 0 fully saturated rings. The molecule has 11 heavy (non-hydrogen) atoms. The molecule has 4 heteroatoms. The highest BCUT2D eigenvalue weighted by molar-refractivity contribution is 14.1. The summed E-state index contributed by atoms with van der Waals surface area (Å²) < 4.78 is 1.53. The van der Waals surface area contributed by atoms with Crippen molar-refractivity contribution in [2.24, 2.45) is 0 Å². The van der Waals surface area contributed by atoms with Crippen molar-refractivity contribution in [1.29, 1.82) is 0 Å². The van der Waals surface area contributed by atoms with E-state index in [0.717, 1.165) is 13.4 Å². The number of halogens is 2. The molecule has 58 valence electrons. The Labute approximate surface area is 91.3 Å². The fraction of sp³-hybridized carbons (Fsp3) is 0. The number of phenolic OH excluding ortho intramolecular Hbond substituents is 1. The minimum absolute atomic E-state index is 0.223. The van der Waals surface area contributed by atoms with Gasteiger partial charge >= 0.3 is 0 Å². The van der Waals surface area contributed by atoms with Gasteiger partial charge in [-0.1, -0.05) is 0 Å². The Hall–Kier alpha value is 0.150. The molecular weight excluding hydrogens is 370 g/mol. The topological polar surface area (TPSA) is 37.3 Å². The van der Waals surface area contributed by atoms with Crippen molar-refractivity contribution in [2.75, 3.05) is 0 Å². The first kappa shape index (κ1) is 9.24. The third-order valence-electron chi connectivity index (χ3n) is 1.22. The van der Waals surface area contributed by atoms with E-state index in [1.807, 2.05) is 45.2 Å². The van der Waals surface area contributed by atoms with Gasteiger partial charge in [0.25, 0.3) is 0 Å². The SMILES string of the molecule is O=Cc1ccc(O)c(I)c1I. The zero-order valence-electron chi connectivity index (χ0n) is 5.34. The van der Waals surface area contributed by atoms with E-state index in [1.54, 1.807) is 6.07 Å². The standard InChI is InChI=1S/C7H4I2O2/c8-6-4(3-10)1-2-5(11)7(6)9/h1-3,11H. The van der Waals surface area contributed by atoms with Gasteiger partial charge in [0.15, 0.2) is 6.29 Å². The summed E-state index contributed by atoms with van der Waals surface area (Å²) in [5, 5.41) is 9.19. The lowest BCUT2D eigenvalue weighted by molar-refractivity contribution is 0.112. The summed E-state index contributed by atoms with van der Waals surface area (Å²) in [6.07, 6.45) is 0.781. The van der Waals surface area contributed by atoms with E-state index in [9.17, 15) is 9.90 Å². The zero-order valence-corrected chi connectivity index (χ0v) is 9.66. The summed E-state index contributed by atoms with van der Waals surface area (Å²) in [6, 6.07) is 3.12. The van der Waals surface area contributed by atoms with Gasteiger partial charge in [0.1, 0.15) is 5.75 Å². The van der Waals surface area contributed by atoms with Gasteiger partial charge in [-0.3, -0.25) is 4.79 Å². The van der Waals surface area contributed by atoms with E-state index in [-0.39, 0.29) is 5.75 Å². The van der Waals surface area contributed by atoms with Crippen LogP contribution in [0.4, 0.5) is 0 Å². The first-order chi connectivity index (χ1) is 5.16. The second kappa shape index (κ2) is 3.70.